The predicted octanol–water partition coefficient (Wildman–Crippen LogP) is 5.83. The van der Waals surface area contributed by atoms with E-state index in [0.717, 1.165) is 46.3 Å². The molecule has 15 nitrogen and oxygen atoms in total. The number of thiophene rings is 1. The van der Waals surface area contributed by atoms with Crippen LogP contribution in [-0.2, 0) is 25.6 Å². The van der Waals surface area contributed by atoms with Crippen molar-refractivity contribution in [1.82, 2.24) is 40.2 Å². The van der Waals surface area contributed by atoms with E-state index in [9.17, 15) is 19.2 Å². The summed E-state index contributed by atoms with van der Waals surface area (Å²) >= 11 is 15.8. The van der Waals surface area contributed by atoms with Gasteiger partial charge in [-0.3, -0.25) is 33.6 Å². The number of nitrogens with one attached hydrogen (secondary N) is 2. The second kappa shape index (κ2) is 19.7. The summed E-state index contributed by atoms with van der Waals surface area (Å²) in [5, 5.41) is 27.4. The molecule has 3 N–H and O–H groups in total. The number of aromatic nitrogens is 4. The van der Waals surface area contributed by atoms with E-state index in [0.29, 0.717) is 83.5 Å². The predicted molar refractivity (Wildman–Crippen MR) is 236 cm³/mol. The standard InChI is InChI=1S/C42H45Cl2N9O6S2/c1-24-25(2)61-42-38(24)39(27-6-8-28(43)9-7-27)48-33(40-50-49-26(3)53(40)42)21-35(55)45-12-4-5-36(56)52-15-13-51(14-16-52)17-18-59-30-10-11-31(32(44)20-30)41-47-29(23-60-41)19-34(54)46-22-37(57)58/h6-11,20,23,33H,4-5,12-19,21-22H2,1-3H3,(H,45,55)(H,46,54)(H,57,58)/t33-/m0/s1. The van der Waals surface area contributed by atoms with E-state index in [-0.39, 0.29) is 24.7 Å². The molecule has 1 saturated heterocycles. The van der Waals surface area contributed by atoms with Crippen LogP contribution in [0.3, 0.4) is 0 Å². The highest BCUT2D eigenvalue weighted by atomic mass is 35.5. The van der Waals surface area contributed by atoms with Crippen molar-refractivity contribution < 1.29 is 29.0 Å². The number of rotatable bonds is 16. The maximum absolute atomic E-state index is 13.4. The highest BCUT2D eigenvalue weighted by Gasteiger charge is 2.32. The first-order valence-corrected chi connectivity index (χ1v) is 22.3. The fourth-order valence-corrected chi connectivity index (χ4v) is 9.71. The zero-order valence-electron chi connectivity index (χ0n) is 33.9. The van der Waals surface area contributed by atoms with Crippen molar-refractivity contribution >= 4 is 75.3 Å². The maximum Gasteiger partial charge on any atom is 0.322 e. The Kier molecular flexibility index (Phi) is 14.1. The van der Waals surface area contributed by atoms with Crippen LogP contribution in [0.4, 0.5) is 0 Å². The van der Waals surface area contributed by atoms with Gasteiger partial charge < -0.3 is 25.4 Å². The first kappa shape index (κ1) is 43.9. The van der Waals surface area contributed by atoms with Crippen molar-refractivity contribution in [2.75, 3.05) is 52.4 Å². The molecule has 3 aromatic heterocycles. The van der Waals surface area contributed by atoms with Crippen LogP contribution in [0.1, 0.15) is 64.2 Å². The molecule has 7 rings (SSSR count). The Morgan fingerprint density at radius 1 is 0.967 bits per heavy atom. The van der Waals surface area contributed by atoms with Crippen LogP contribution in [0, 0.1) is 20.8 Å². The van der Waals surface area contributed by atoms with Gasteiger partial charge in [0.25, 0.3) is 0 Å². The molecule has 0 bridgehead atoms. The number of carboxylic acids is 1. The summed E-state index contributed by atoms with van der Waals surface area (Å²) in [5.41, 5.74) is 5.05. The topological polar surface area (TPSA) is 184 Å². The number of aliphatic carboxylic acids is 1. The number of benzene rings is 2. The van der Waals surface area contributed by atoms with Crippen molar-refractivity contribution in [3.63, 3.8) is 0 Å². The van der Waals surface area contributed by atoms with Gasteiger partial charge in [0, 0.05) is 77.7 Å². The Morgan fingerprint density at radius 3 is 2.48 bits per heavy atom. The molecule has 2 aromatic carbocycles. The smallest absolute Gasteiger partial charge is 0.322 e. The molecule has 1 atom stereocenters. The molecule has 0 aliphatic carbocycles. The van der Waals surface area contributed by atoms with Gasteiger partial charge in [-0.15, -0.1) is 32.9 Å². The number of carboxylic acid groups (broad SMARTS) is 1. The zero-order chi connectivity index (χ0) is 43.2. The summed E-state index contributed by atoms with van der Waals surface area (Å²) in [6, 6.07) is 12.4. The van der Waals surface area contributed by atoms with E-state index < -0.39 is 24.5 Å². The molecule has 19 heteroatoms. The SMILES string of the molecule is Cc1sc2c(c1C)C(c1ccc(Cl)cc1)=N[C@@H](CC(=O)NCCCC(=O)N1CCN(CCOc3ccc(-c4nc(CC(=O)NCC(=O)O)cs4)c(Cl)c3)CC1)c1nnc(C)n1-2. The van der Waals surface area contributed by atoms with Crippen LogP contribution >= 0.6 is 45.9 Å². The summed E-state index contributed by atoms with van der Waals surface area (Å²) in [7, 11) is 0. The number of halogens is 2. The lowest BCUT2D eigenvalue weighted by Gasteiger charge is -2.34. The number of aliphatic imine (C=N–C) groups is 1. The Hall–Kier alpha value is -5.20. The summed E-state index contributed by atoms with van der Waals surface area (Å²) in [6.45, 7) is 9.81. The van der Waals surface area contributed by atoms with Gasteiger partial charge in [0.05, 0.1) is 29.3 Å². The largest absolute Gasteiger partial charge is 0.492 e. The average Bonchev–Trinajstić information content (AvgIpc) is 3.91. The normalized spacial score (nSPS) is 15.1. The van der Waals surface area contributed by atoms with E-state index in [2.05, 4.69) is 44.6 Å². The summed E-state index contributed by atoms with van der Waals surface area (Å²) < 4.78 is 8.01. The van der Waals surface area contributed by atoms with Gasteiger partial charge in [-0.1, -0.05) is 35.3 Å². The molecule has 0 spiro atoms. The van der Waals surface area contributed by atoms with Crippen LogP contribution in [0.2, 0.25) is 10.0 Å². The van der Waals surface area contributed by atoms with Gasteiger partial charge in [0.1, 0.15) is 40.8 Å². The third-order valence-electron chi connectivity index (χ3n) is 10.5. The summed E-state index contributed by atoms with van der Waals surface area (Å²) in [6.07, 6.45) is 0.903. The summed E-state index contributed by atoms with van der Waals surface area (Å²) in [4.78, 5) is 64.1. The Balaban J connectivity index is 0.837. The highest BCUT2D eigenvalue weighted by Crippen LogP contribution is 2.40. The number of piperazine rings is 1. The van der Waals surface area contributed by atoms with Crippen molar-refractivity contribution in [2.24, 2.45) is 4.99 Å². The summed E-state index contributed by atoms with van der Waals surface area (Å²) in [5.74, 6) is 0.311. The van der Waals surface area contributed by atoms with Gasteiger partial charge >= 0.3 is 5.97 Å². The van der Waals surface area contributed by atoms with E-state index >= 15 is 0 Å². The maximum atomic E-state index is 13.4. The van der Waals surface area contributed by atoms with Crippen molar-refractivity contribution in [3.05, 3.63) is 96.8 Å². The molecule has 3 amide bonds. The number of hydrogen-bond acceptors (Lipinski definition) is 12. The van der Waals surface area contributed by atoms with Crippen molar-refractivity contribution in [1.29, 1.82) is 0 Å². The number of aryl methyl sites for hydroxylation is 2. The quantitative estimate of drug-likeness (QED) is 0.102. The molecule has 320 valence electrons. The monoisotopic (exact) mass is 905 g/mol. The molecule has 0 radical (unpaired) electrons. The van der Waals surface area contributed by atoms with Gasteiger partial charge in [-0.05, 0) is 63.1 Å². The highest BCUT2D eigenvalue weighted by molar-refractivity contribution is 7.15. The first-order chi connectivity index (χ1) is 29.3. The number of thiazole rings is 1. The van der Waals surface area contributed by atoms with Gasteiger partial charge in [-0.25, -0.2) is 4.98 Å². The van der Waals surface area contributed by atoms with E-state index in [1.54, 1.807) is 22.8 Å². The van der Waals surface area contributed by atoms with E-state index in [1.807, 2.05) is 52.8 Å². The lowest BCUT2D eigenvalue weighted by atomic mass is 9.99. The number of amides is 3. The Morgan fingerprint density at radius 2 is 1.74 bits per heavy atom. The average molecular weight is 907 g/mol. The second-order valence-electron chi connectivity index (χ2n) is 14.8. The van der Waals surface area contributed by atoms with Gasteiger partial charge in [0.15, 0.2) is 5.82 Å². The second-order valence-corrected chi connectivity index (χ2v) is 17.7. The molecule has 61 heavy (non-hydrogen) atoms. The molecule has 0 saturated carbocycles. The fraction of sp³-hybridized carbons (Fsp3) is 0.381. The molecule has 1 fully saturated rings. The molecule has 5 heterocycles. The lowest BCUT2D eigenvalue weighted by molar-refractivity contribution is -0.137. The molecule has 2 aliphatic rings. The Labute approximate surface area is 370 Å². The fourth-order valence-electron chi connectivity index (χ4n) is 7.19. The number of nitrogens with zero attached hydrogens (tertiary/aromatic N) is 7. The third kappa shape index (κ3) is 10.6. The molecule has 2 aliphatic heterocycles. The molecule has 5 aromatic rings. The van der Waals surface area contributed by atoms with Crippen molar-refractivity contribution in [3.8, 4) is 21.3 Å². The lowest BCUT2D eigenvalue weighted by Crippen LogP contribution is -2.49. The van der Waals surface area contributed by atoms with Crippen LogP contribution in [0.25, 0.3) is 15.6 Å². The molecule has 0 unspecified atom stereocenters. The minimum atomic E-state index is -1.11. The van der Waals surface area contributed by atoms with Crippen LogP contribution < -0.4 is 15.4 Å². The number of ether oxygens (including phenoxy) is 1. The number of fused-ring (bicyclic) bond motifs is 3. The minimum absolute atomic E-state index is 0.0271. The molecular weight excluding hydrogens is 862 g/mol. The minimum Gasteiger partial charge on any atom is -0.492 e. The third-order valence-corrected chi connectivity index (χ3v) is 13.2. The first-order valence-electron chi connectivity index (χ1n) is 19.8. The van der Waals surface area contributed by atoms with Crippen LogP contribution in [0.15, 0.2) is 52.8 Å². The Bertz CT molecular complexity index is 2460. The molecular formula is C42H45Cl2N9O6S2. The number of carbonyl (C=O) groups is 4. The van der Waals surface area contributed by atoms with Crippen molar-refractivity contribution in [2.45, 2.75) is 52.5 Å². The van der Waals surface area contributed by atoms with Gasteiger partial charge in [0.2, 0.25) is 17.7 Å². The van der Waals surface area contributed by atoms with E-state index in [4.69, 9.17) is 38.0 Å². The zero-order valence-corrected chi connectivity index (χ0v) is 37.0. The van der Waals surface area contributed by atoms with Crippen LogP contribution in [-0.4, -0.2) is 116 Å². The van der Waals surface area contributed by atoms with E-state index in [1.165, 1.54) is 16.2 Å². The number of hydrogen-bond donors (Lipinski definition) is 3. The van der Waals surface area contributed by atoms with Crippen LogP contribution in [0.5, 0.6) is 5.75 Å². The van der Waals surface area contributed by atoms with Gasteiger partial charge in [-0.2, -0.15) is 0 Å². The number of carbonyl (C=O) groups excluding carboxylic acids is 3.